The zero-order valence-electron chi connectivity index (χ0n) is 18.7. The highest BCUT2D eigenvalue weighted by atomic mass is 16.5. The minimum Gasteiger partial charge on any atom is -0.504 e. The number of aromatic hydroxyl groups is 2. The summed E-state index contributed by atoms with van der Waals surface area (Å²) >= 11 is 0. The van der Waals surface area contributed by atoms with Gasteiger partial charge in [0.2, 0.25) is 5.91 Å². The largest absolute Gasteiger partial charge is 0.504 e. The molecule has 0 saturated carbocycles. The van der Waals surface area contributed by atoms with Gasteiger partial charge in [-0.15, -0.1) is 0 Å². The fourth-order valence-corrected chi connectivity index (χ4v) is 3.24. The molecule has 0 bridgehead atoms. The zero-order chi connectivity index (χ0) is 25.4. The molecular weight excluding hydrogens is 445 g/mol. The van der Waals surface area contributed by atoms with Crippen LogP contribution < -0.4 is 21.6 Å². The summed E-state index contributed by atoms with van der Waals surface area (Å²) in [5.41, 5.74) is 2.28. The van der Waals surface area contributed by atoms with Crippen molar-refractivity contribution in [2.75, 3.05) is 0 Å². The second-order valence-electron chi connectivity index (χ2n) is 8.22. The van der Waals surface area contributed by atoms with Crippen molar-refractivity contribution in [3.05, 3.63) is 53.6 Å². The van der Waals surface area contributed by atoms with Crippen LogP contribution in [0.25, 0.3) is 0 Å². The van der Waals surface area contributed by atoms with Crippen LogP contribution in [0, 0.1) is 5.92 Å². The first-order valence-corrected chi connectivity index (χ1v) is 10.5. The van der Waals surface area contributed by atoms with Crippen molar-refractivity contribution in [3.63, 3.8) is 0 Å². The number of phenols is 2. The third-order valence-corrected chi connectivity index (χ3v) is 5.02. The van der Waals surface area contributed by atoms with E-state index in [4.69, 9.17) is 5.21 Å². The van der Waals surface area contributed by atoms with E-state index >= 15 is 0 Å². The van der Waals surface area contributed by atoms with Crippen molar-refractivity contribution < 1.29 is 39.9 Å². The first kappa shape index (κ1) is 26.6. The van der Waals surface area contributed by atoms with Gasteiger partial charge in [-0.3, -0.25) is 19.6 Å². The standard InChI is InChI=1S/C22H28BN3O8/c1-12(2)9-16(24-20(29)14-4-6-15(7-5-14)23(32)33)21(30)25-17(22(31)26-34)10-13-3-8-18(27)19(28)11-13/h3-8,11-12,16-17,27-28,32-34H,9-10H2,1-2H3,(H,24,29)(H,25,30)(H,26,31)/t16-,17-/m0/s1. The van der Waals surface area contributed by atoms with Gasteiger partial charge in [-0.05, 0) is 47.6 Å². The average Bonchev–Trinajstić information content (AvgIpc) is 2.79. The molecule has 2 rings (SSSR count). The summed E-state index contributed by atoms with van der Waals surface area (Å²) in [7, 11) is -1.68. The molecule has 182 valence electrons. The van der Waals surface area contributed by atoms with Crippen LogP contribution in [0.15, 0.2) is 42.5 Å². The maximum atomic E-state index is 13.0. The van der Waals surface area contributed by atoms with Crippen LogP contribution in [0.3, 0.4) is 0 Å². The minimum absolute atomic E-state index is 0.00197. The minimum atomic E-state index is -1.68. The molecule has 8 N–H and O–H groups in total. The van der Waals surface area contributed by atoms with Crippen molar-refractivity contribution in [2.45, 2.75) is 38.8 Å². The van der Waals surface area contributed by atoms with Gasteiger partial charge < -0.3 is 30.9 Å². The van der Waals surface area contributed by atoms with Gasteiger partial charge in [0.15, 0.2) is 11.5 Å². The molecule has 2 aromatic carbocycles. The van der Waals surface area contributed by atoms with Crippen molar-refractivity contribution in [1.82, 2.24) is 16.1 Å². The Labute approximate surface area is 196 Å². The summed E-state index contributed by atoms with van der Waals surface area (Å²) in [4.78, 5) is 37.8. The lowest BCUT2D eigenvalue weighted by molar-refractivity contribution is -0.135. The number of hydrogen-bond acceptors (Lipinski definition) is 8. The van der Waals surface area contributed by atoms with E-state index in [0.717, 1.165) is 0 Å². The van der Waals surface area contributed by atoms with Gasteiger partial charge in [-0.25, -0.2) is 5.48 Å². The van der Waals surface area contributed by atoms with Gasteiger partial charge in [0, 0.05) is 12.0 Å². The summed E-state index contributed by atoms with van der Waals surface area (Å²) in [6.45, 7) is 3.70. The lowest BCUT2D eigenvalue weighted by Gasteiger charge is -2.24. The molecule has 0 heterocycles. The molecule has 0 radical (unpaired) electrons. The van der Waals surface area contributed by atoms with Gasteiger partial charge >= 0.3 is 7.12 Å². The van der Waals surface area contributed by atoms with Gasteiger partial charge in [0.1, 0.15) is 12.1 Å². The Morgan fingerprint density at radius 3 is 2.06 bits per heavy atom. The van der Waals surface area contributed by atoms with Gasteiger partial charge in [-0.2, -0.15) is 0 Å². The topological polar surface area (TPSA) is 188 Å². The Balaban J connectivity index is 2.17. The number of phenolic OH excluding ortho intramolecular Hbond substituents is 2. The Morgan fingerprint density at radius 2 is 1.53 bits per heavy atom. The first-order valence-electron chi connectivity index (χ1n) is 10.5. The predicted molar refractivity (Wildman–Crippen MR) is 122 cm³/mol. The van der Waals surface area contributed by atoms with Crippen molar-refractivity contribution >= 4 is 30.3 Å². The van der Waals surface area contributed by atoms with Crippen molar-refractivity contribution in [2.24, 2.45) is 5.92 Å². The highest BCUT2D eigenvalue weighted by molar-refractivity contribution is 6.58. The van der Waals surface area contributed by atoms with E-state index in [1.54, 1.807) is 0 Å². The molecule has 34 heavy (non-hydrogen) atoms. The van der Waals surface area contributed by atoms with Crippen LogP contribution in [0.1, 0.15) is 36.2 Å². The van der Waals surface area contributed by atoms with Crippen molar-refractivity contribution in [1.29, 1.82) is 0 Å². The number of carbonyl (C=O) groups excluding carboxylic acids is 3. The van der Waals surface area contributed by atoms with Gasteiger partial charge in [-0.1, -0.05) is 32.0 Å². The van der Waals surface area contributed by atoms with E-state index in [1.807, 2.05) is 13.8 Å². The average molecular weight is 473 g/mol. The van der Waals surface area contributed by atoms with E-state index in [-0.39, 0.29) is 35.5 Å². The molecule has 0 spiro atoms. The Bertz CT molecular complexity index is 1010. The van der Waals surface area contributed by atoms with Gasteiger partial charge in [0.05, 0.1) is 0 Å². The third kappa shape index (κ3) is 7.47. The molecule has 0 aromatic heterocycles. The molecule has 0 fully saturated rings. The summed E-state index contributed by atoms with van der Waals surface area (Å²) < 4.78 is 0. The monoisotopic (exact) mass is 473 g/mol. The fraction of sp³-hybridized carbons (Fsp3) is 0.318. The number of benzene rings is 2. The van der Waals surface area contributed by atoms with Crippen LogP contribution in [0.4, 0.5) is 0 Å². The molecule has 0 unspecified atom stereocenters. The Hall–Kier alpha value is -3.61. The highest BCUT2D eigenvalue weighted by Gasteiger charge is 2.28. The third-order valence-electron chi connectivity index (χ3n) is 5.02. The Kier molecular flexibility index (Phi) is 9.42. The van der Waals surface area contributed by atoms with E-state index < -0.39 is 42.7 Å². The normalized spacial score (nSPS) is 12.5. The quantitative estimate of drug-likeness (QED) is 0.0948. The Morgan fingerprint density at radius 1 is 0.882 bits per heavy atom. The molecular formula is C22H28BN3O8. The van der Waals surface area contributed by atoms with Crippen LogP contribution in [-0.2, 0) is 16.0 Å². The number of hydroxylamine groups is 1. The number of rotatable bonds is 10. The maximum absolute atomic E-state index is 13.0. The zero-order valence-corrected chi connectivity index (χ0v) is 18.7. The number of amides is 3. The predicted octanol–water partition coefficient (Wildman–Crippen LogP) is -0.845. The highest BCUT2D eigenvalue weighted by Crippen LogP contribution is 2.25. The van der Waals surface area contributed by atoms with Crippen LogP contribution in [-0.4, -0.2) is 62.4 Å². The van der Waals surface area contributed by atoms with Gasteiger partial charge in [0.25, 0.3) is 11.8 Å². The van der Waals surface area contributed by atoms with Crippen LogP contribution >= 0.6 is 0 Å². The summed E-state index contributed by atoms with van der Waals surface area (Å²) in [5, 5.41) is 51.7. The van der Waals surface area contributed by atoms with E-state index in [0.29, 0.717) is 5.56 Å². The molecule has 3 amide bonds. The smallest absolute Gasteiger partial charge is 0.488 e. The van der Waals surface area contributed by atoms with Crippen LogP contribution in [0.2, 0.25) is 0 Å². The molecule has 11 nitrogen and oxygen atoms in total. The number of nitrogens with one attached hydrogen (secondary N) is 3. The summed E-state index contributed by atoms with van der Waals surface area (Å²) in [6.07, 6.45) is 0.137. The number of carbonyl (C=O) groups is 3. The lowest BCUT2D eigenvalue weighted by Crippen LogP contribution is -2.54. The molecule has 0 saturated heterocycles. The fourth-order valence-electron chi connectivity index (χ4n) is 3.24. The van der Waals surface area contributed by atoms with E-state index in [1.165, 1.54) is 47.9 Å². The second kappa shape index (κ2) is 12.0. The first-order chi connectivity index (χ1) is 16.0. The lowest BCUT2D eigenvalue weighted by atomic mass is 9.80. The summed E-state index contributed by atoms with van der Waals surface area (Å²) in [5.74, 6) is -2.91. The molecule has 12 heteroatoms. The van der Waals surface area contributed by atoms with Crippen LogP contribution in [0.5, 0.6) is 11.5 Å². The molecule has 2 aromatic rings. The SMILES string of the molecule is CC(C)C[C@H](NC(=O)c1ccc(B(O)O)cc1)C(=O)N[C@@H](Cc1ccc(O)c(O)c1)C(=O)NO. The second-order valence-corrected chi connectivity index (χ2v) is 8.22. The van der Waals surface area contributed by atoms with E-state index in [9.17, 15) is 34.6 Å². The molecule has 2 atom stereocenters. The maximum Gasteiger partial charge on any atom is 0.488 e. The summed E-state index contributed by atoms with van der Waals surface area (Å²) in [6, 6.07) is 7.14. The van der Waals surface area contributed by atoms with E-state index in [2.05, 4.69) is 10.6 Å². The molecule has 0 aliphatic heterocycles. The number of hydrogen-bond donors (Lipinski definition) is 8. The van der Waals surface area contributed by atoms with Crippen molar-refractivity contribution in [3.8, 4) is 11.5 Å². The molecule has 0 aliphatic carbocycles. The molecule has 0 aliphatic rings.